The van der Waals surface area contributed by atoms with Gasteiger partial charge < -0.3 is 28.9 Å². The molecule has 2 aliphatic heterocycles. The van der Waals surface area contributed by atoms with Gasteiger partial charge in [-0.25, -0.2) is 9.97 Å². The minimum Gasteiger partial charge on any atom is -0.497 e. The molecule has 8 nitrogen and oxygen atoms in total. The molecule has 8 bridgehead atoms. The van der Waals surface area contributed by atoms with Crippen LogP contribution in [-0.4, -0.2) is 47.4 Å². The van der Waals surface area contributed by atoms with E-state index in [1.165, 1.54) is 0 Å². The third kappa shape index (κ3) is 6.90. The molecule has 286 valence electrons. The molecule has 4 aromatic carbocycles. The highest BCUT2D eigenvalue weighted by Gasteiger charge is 2.19. The number of aromatic nitrogens is 4. The van der Waals surface area contributed by atoms with Gasteiger partial charge in [-0.1, -0.05) is 48.5 Å². The lowest BCUT2D eigenvalue weighted by Gasteiger charge is -2.09. The van der Waals surface area contributed by atoms with Gasteiger partial charge in [0, 0.05) is 44.3 Å². The van der Waals surface area contributed by atoms with E-state index >= 15 is 0 Å². The average Bonchev–Trinajstić information content (AvgIpc) is 4.11. The quantitative estimate of drug-likeness (QED) is 0.144. The van der Waals surface area contributed by atoms with Crippen LogP contribution in [0.25, 0.3) is 90.9 Å². The highest BCUT2D eigenvalue weighted by Crippen LogP contribution is 2.39. The lowest BCUT2D eigenvalue weighted by atomic mass is 10.0. The Labute approximate surface area is 337 Å². The number of rotatable bonds is 10. The van der Waals surface area contributed by atoms with Crippen molar-refractivity contribution in [2.24, 2.45) is 0 Å². The topological polar surface area (TPSA) is 94.3 Å². The van der Waals surface area contributed by atoms with Crippen molar-refractivity contribution in [2.75, 3.05) is 27.4 Å². The Bertz CT molecular complexity index is 2650. The second-order valence-corrected chi connectivity index (χ2v) is 13.9. The maximum atomic E-state index is 5.83. The molecule has 0 saturated carbocycles. The first-order valence-electron chi connectivity index (χ1n) is 19.4. The van der Waals surface area contributed by atoms with Crippen molar-refractivity contribution < 1.29 is 18.9 Å². The number of nitrogens with zero attached hydrogens (tertiary/aromatic N) is 2. The van der Waals surface area contributed by atoms with E-state index in [9.17, 15) is 0 Å². The summed E-state index contributed by atoms with van der Waals surface area (Å²) < 4.78 is 22.7. The van der Waals surface area contributed by atoms with Crippen LogP contribution in [-0.2, 0) is 0 Å². The van der Waals surface area contributed by atoms with E-state index in [1.54, 1.807) is 14.2 Å². The third-order valence-electron chi connectivity index (χ3n) is 10.4. The number of fused-ring (bicyclic) bond motifs is 8. The molecule has 0 aliphatic carbocycles. The van der Waals surface area contributed by atoms with Gasteiger partial charge in [0.15, 0.2) is 0 Å². The summed E-state index contributed by atoms with van der Waals surface area (Å²) in [5.41, 5.74) is 14.9. The molecule has 0 atom stereocenters. The first-order valence-corrected chi connectivity index (χ1v) is 19.4. The Balaban J connectivity index is 1.41. The van der Waals surface area contributed by atoms with Crippen LogP contribution < -0.4 is 18.9 Å². The summed E-state index contributed by atoms with van der Waals surface area (Å²) in [6, 6.07) is 41.2. The molecule has 9 rings (SSSR count). The van der Waals surface area contributed by atoms with Crippen LogP contribution in [0.2, 0.25) is 0 Å². The molecule has 3 aromatic heterocycles. The van der Waals surface area contributed by atoms with Gasteiger partial charge in [-0.05, 0) is 133 Å². The zero-order chi connectivity index (χ0) is 39.6. The van der Waals surface area contributed by atoms with Crippen molar-refractivity contribution >= 4 is 46.4 Å². The summed E-state index contributed by atoms with van der Waals surface area (Å²) in [5.74, 6) is 3.19. The van der Waals surface area contributed by atoms with E-state index in [2.05, 4.69) is 107 Å². The molecule has 2 aliphatic rings. The van der Waals surface area contributed by atoms with Crippen molar-refractivity contribution in [3.05, 3.63) is 144 Å². The standard InChI is InChI=1S/C50H42N4O4/c1-5-57-37-19-11-33(12-20-37)49-43-27-23-39(51-43)47(31-7-15-35(55-3)16-8-31)41-25-29-45(53-41)50(34-13-21-38(22-14-34)58-6-2)46-30-26-42(54-46)48(40-24-28-44(49)52-40)32-9-17-36(56-4)18-10-32/h7-30,51,54H,5-6H2,1-4H3. The summed E-state index contributed by atoms with van der Waals surface area (Å²) in [7, 11) is 3.36. The van der Waals surface area contributed by atoms with E-state index < -0.39 is 0 Å². The van der Waals surface area contributed by atoms with E-state index in [0.29, 0.717) is 13.2 Å². The fourth-order valence-electron chi connectivity index (χ4n) is 7.70. The Hall–Kier alpha value is -7.32. The maximum Gasteiger partial charge on any atom is 0.119 e. The summed E-state index contributed by atoms with van der Waals surface area (Å²) in [4.78, 5) is 18.4. The summed E-state index contributed by atoms with van der Waals surface area (Å²) in [5, 5.41) is 0. The fraction of sp³-hybridized carbons (Fsp3) is 0.120. The molecule has 0 saturated heterocycles. The molecule has 0 amide bonds. The molecule has 8 heteroatoms. The summed E-state index contributed by atoms with van der Waals surface area (Å²) >= 11 is 0. The van der Waals surface area contributed by atoms with Crippen LogP contribution in [0.4, 0.5) is 0 Å². The van der Waals surface area contributed by atoms with Gasteiger partial charge in [0.2, 0.25) is 0 Å². The molecule has 7 aromatic rings. The Morgan fingerprint density at radius 3 is 0.862 bits per heavy atom. The van der Waals surface area contributed by atoms with Gasteiger partial charge >= 0.3 is 0 Å². The second kappa shape index (κ2) is 15.7. The number of hydrogen-bond acceptors (Lipinski definition) is 6. The van der Waals surface area contributed by atoms with Crippen molar-refractivity contribution in [2.45, 2.75) is 13.8 Å². The van der Waals surface area contributed by atoms with Gasteiger partial charge in [0.1, 0.15) is 23.0 Å². The van der Waals surface area contributed by atoms with Crippen LogP contribution in [0.1, 0.15) is 36.6 Å². The Morgan fingerprint density at radius 1 is 0.362 bits per heavy atom. The van der Waals surface area contributed by atoms with E-state index in [4.69, 9.17) is 28.9 Å². The highest BCUT2D eigenvalue weighted by atomic mass is 16.5. The van der Waals surface area contributed by atoms with Crippen molar-refractivity contribution in [1.82, 2.24) is 19.9 Å². The zero-order valence-corrected chi connectivity index (χ0v) is 32.8. The molecule has 58 heavy (non-hydrogen) atoms. The molecule has 0 radical (unpaired) electrons. The van der Waals surface area contributed by atoms with Gasteiger partial charge in [0.25, 0.3) is 0 Å². The normalized spacial score (nSPS) is 11.8. The van der Waals surface area contributed by atoms with E-state index in [0.717, 1.165) is 112 Å². The molecule has 0 spiro atoms. The number of aromatic amines is 2. The van der Waals surface area contributed by atoms with Gasteiger partial charge in [-0.3, -0.25) is 0 Å². The first-order chi connectivity index (χ1) is 28.5. The predicted octanol–water partition coefficient (Wildman–Crippen LogP) is 12.1. The summed E-state index contributed by atoms with van der Waals surface area (Å²) in [6.45, 7) is 5.17. The van der Waals surface area contributed by atoms with Crippen molar-refractivity contribution in [1.29, 1.82) is 0 Å². The third-order valence-corrected chi connectivity index (χ3v) is 10.4. The monoisotopic (exact) mass is 762 g/mol. The van der Waals surface area contributed by atoms with Gasteiger partial charge in [-0.2, -0.15) is 0 Å². The molecular weight excluding hydrogens is 721 g/mol. The first kappa shape index (κ1) is 36.3. The minimum atomic E-state index is 0.592. The minimum absolute atomic E-state index is 0.592. The average molecular weight is 763 g/mol. The van der Waals surface area contributed by atoms with E-state index in [1.807, 2.05) is 62.4 Å². The largest absolute Gasteiger partial charge is 0.497 e. The molecule has 0 unspecified atom stereocenters. The predicted molar refractivity (Wildman–Crippen MR) is 236 cm³/mol. The number of benzene rings is 4. The second-order valence-electron chi connectivity index (χ2n) is 13.9. The molecular formula is C50H42N4O4. The summed E-state index contributed by atoms with van der Waals surface area (Å²) in [6.07, 6.45) is 8.40. The highest BCUT2D eigenvalue weighted by molar-refractivity contribution is 5.99. The van der Waals surface area contributed by atoms with E-state index in [-0.39, 0.29) is 0 Å². The van der Waals surface area contributed by atoms with Crippen molar-refractivity contribution in [3.8, 4) is 67.5 Å². The van der Waals surface area contributed by atoms with Gasteiger partial charge in [0.05, 0.1) is 50.2 Å². The lowest BCUT2D eigenvalue weighted by molar-refractivity contribution is 0.340. The van der Waals surface area contributed by atoms with Crippen LogP contribution in [0.15, 0.2) is 121 Å². The molecule has 5 heterocycles. The number of nitrogens with one attached hydrogen (secondary N) is 2. The number of methoxy groups -OCH3 is 2. The molecule has 0 fully saturated rings. The Morgan fingerprint density at radius 2 is 0.621 bits per heavy atom. The Kier molecular flexibility index (Phi) is 9.81. The number of H-pyrrole nitrogens is 2. The fourth-order valence-corrected chi connectivity index (χ4v) is 7.70. The van der Waals surface area contributed by atoms with Crippen molar-refractivity contribution in [3.63, 3.8) is 0 Å². The van der Waals surface area contributed by atoms with Crippen LogP contribution >= 0.6 is 0 Å². The zero-order valence-electron chi connectivity index (χ0n) is 32.8. The van der Waals surface area contributed by atoms with Crippen LogP contribution in [0.3, 0.4) is 0 Å². The number of ether oxygens (including phenoxy) is 4. The number of hydrogen-bond donors (Lipinski definition) is 2. The maximum absolute atomic E-state index is 5.83. The van der Waals surface area contributed by atoms with Crippen LogP contribution in [0.5, 0.6) is 23.0 Å². The smallest absolute Gasteiger partial charge is 0.119 e. The van der Waals surface area contributed by atoms with Gasteiger partial charge in [-0.15, -0.1) is 0 Å². The molecule has 2 N–H and O–H groups in total. The SMILES string of the molecule is CCOc1ccc(-c2c3nc(c(-c4ccc(OC)cc4)c4ccc([nH]4)c(-c4ccc(OCC)cc4)c4nc(c(-c5ccc(OC)cc5)c5ccc2[nH]5)C=C4)C=C3)cc1. The van der Waals surface area contributed by atoms with Crippen LogP contribution in [0, 0.1) is 0 Å². The lowest BCUT2D eigenvalue weighted by Crippen LogP contribution is -1.92.